The Labute approximate surface area is 158 Å². The molecule has 0 spiro atoms. The number of amides is 2. The van der Waals surface area contributed by atoms with Gasteiger partial charge < -0.3 is 19.9 Å². The van der Waals surface area contributed by atoms with Crippen LogP contribution in [0.1, 0.15) is 25.0 Å². The number of fused-ring (bicyclic) bond motifs is 1. The van der Waals surface area contributed by atoms with E-state index in [1.54, 1.807) is 19.2 Å². The summed E-state index contributed by atoms with van der Waals surface area (Å²) in [6, 6.07) is 7.04. The summed E-state index contributed by atoms with van der Waals surface area (Å²) in [5.74, 6) is -0.259. The van der Waals surface area contributed by atoms with Gasteiger partial charge in [-0.05, 0) is 43.5 Å². The molecule has 1 aromatic carbocycles. The molecule has 2 aliphatic heterocycles. The van der Waals surface area contributed by atoms with Crippen molar-refractivity contribution in [1.29, 1.82) is 0 Å². The Morgan fingerprint density at radius 2 is 2.07 bits per heavy atom. The third-order valence-electron chi connectivity index (χ3n) is 5.45. The van der Waals surface area contributed by atoms with Crippen molar-refractivity contribution in [3.05, 3.63) is 35.8 Å². The van der Waals surface area contributed by atoms with Gasteiger partial charge in [-0.15, -0.1) is 0 Å². The standard InChI is InChI=1S/C20H25FN4O2/c1-27-13-15-12-19(17-11-14(21)3-4-18(17)23-15)24-9-5-16(6-10-24)25-8-2-7-22-20(25)26/h3-4,11-12,16H,2,5-10,13H2,1H3,(H,22,26). The van der Waals surface area contributed by atoms with Crippen LogP contribution in [0.2, 0.25) is 0 Å². The van der Waals surface area contributed by atoms with Gasteiger partial charge in [0.2, 0.25) is 0 Å². The van der Waals surface area contributed by atoms with Gasteiger partial charge in [0.05, 0.1) is 17.8 Å². The van der Waals surface area contributed by atoms with Crippen LogP contribution in [0, 0.1) is 5.82 Å². The second-order valence-electron chi connectivity index (χ2n) is 7.22. The lowest BCUT2D eigenvalue weighted by atomic mass is 10.0. The number of carbonyl (C=O) groups is 1. The highest BCUT2D eigenvalue weighted by Crippen LogP contribution is 2.31. The van der Waals surface area contributed by atoms with Crippen molar-refractivity contribution >= 4 is 22.6 Å². The van der Waals surface area contributed by atoms with Gasteiger partial charge in [-0.1, -0.05) is 0 Å². The van der Waals surface area contributed by atoms with Crippen LogP contribution in [0.15, 0.2) is 24.3 Å². The maximum absolute atomic E-state index is 13.9. The van der Waals surface area contributed by atoms with Crippen LogP contribution < -0.4 is 10.2 Å². The molecule has 0 bridgehead atoms. The molecule has 1 N–H and O–H groups in total. The second kappa shape index (κ2) is 7.68. The number of anilines is 1. The lowest BCUT2D eigenvalue weighted by molar-refractivity contribution is 0.149. The Hall–Kier alpha value is -2.41. The third kappa shape index (κ3) is 3.69. The Bertz CT molecular complexity index is 836. The summed E-state index contributed by atoms with van der Waals surface area (Å²) in [4.78, 5) is 20.9. The minimum Gasteiger partial charge on any atom is -0.378 e. The maximum Gasteiger partial charge on any atom is 0.317 e. The number of pyridine rings is 1. The molecule has 2 saturated heterocycles. The fraction of sp³-hybridized carbons (Fsp3) is 0.500. The van der Waals surface area contributed by atoms with Gasteiger partial charge in [-0.2, -0.15) is 0 Å². The summed E-state index contributed by atoms with van der Waals surface area (Å²) in [5.41, 5.74) is 2.61. The van der Waals surface area contributed by atoms with Gasteiger partial charge in [-0.3, -0.25) is 4.98 Å². The predicted octanol–water partition coefficient (Wildman–Crippen LogP) is 2.90. The zero-order valence-electron chi connectivity index (χ0n) is 15.6. The monoisotopic (exact) mass is 372 g/mol. The van der Waals surface area contributed by atoms with E-state index in [-0.39, 0.29) is 17.9 Å². The topological polar surface area (TPSA) is 57.7 Å². The van der Waals surface area contributed by atoms with Crippen LogP contribution in [-0.4, -0.2) is 55.2 Å². The van der Waals surface area contributed by atoms with Crippen LogP contribution in [0.25, 0.3) is 10.9 Å². The molecule has 0 aliphatic carbocycles. The maximum atomic E-state index is 13.9. The van der Waals surface area contributed by atoms with Gasteiger partial charge in [-0.25, -0.2) is 9.18 Å². The fourth-order valence-electron chi connectivity index (χ4n) is 4.13. The van der Waals surface area contributed by atoms with Crippen molar-refractivity contribution in [3.8, 4) is 0 Å². The highest BCUT2D eigenvalue weighted by Gasteiger charge is 2.30. The molecular formula is C20H25FN4O2. The predicted molar refractivity (Wildman–Crippen MR) is 102 cm³/mol. The Morgan fingerprint density at radius 1 is 1.26 bits per heavy atom. The van der Waals surface area contributed by atoms with Gasteiger partial charge in [0.25, 0.3) is 0 Å². The number of ether oxygens (including phenoxy) is 1. The van der Waals surface area contributed by atoms with Gasteiger partial charge in [0.15, 0.2) is 0 Å². The number of halogens is 1. The second-order valence-corrected chi connectivity index (χ2v) is 7.22. The number of piperidine rings is 1. The highest BCUT2D eigenvalue weighted by molar-refractivity contribution is 5.92. The van der Waals surface area contributed by atoms with Crippen molar-refractivity contribution in [3.63, 3.8) is 0 Å². The fourth-order valence-corrected chi connectivity index (χ4v) is 4.13. The number of hydrogen-bond acceptors (Lipinski definition) is 4. The molecule has 0 unspecified atom stereocenters. The highest BCUT2D eigenvalue weighted by atomic mass is 19.1. The molecule has 2 aromatic rings. The van der Waals surface area contributed by atoms with Crippen LogP contribution in [0.4, 0.5) is 14.9 Å². The molecule has 0 radical (unpaired) electrons. The molecule has 2 fully saturated rings. The quantitative estimate of drug-likeness (QED) is 0.897. The first kappa shape index (κ1) is 18.0. The average Bonchev–Trinajstić information content (AvgIpc) is 2.68. The molecule has 2 amide bonds. The van der Waals surface area contributed by atoms with Crippen molar-refractivity contribution < 1.29 is 13.9 Å². The Balaban J connectivity index is 1.57. The molecule has 3 heterocycles. The van der Waals surface area contributed by atoms with Crippen LogP contribution in [0.3, 0.4) is 0 Å². The first-order valence-corrected chi connectivity index (χ1v) is 9.53. The van der Waals surface area contributed by atoms with E-state index in [0.717, 1.165) is 67.7 Å². The van der Waals surface area contributed by atoms with Crippen molar-refractivity contribution in [2.45, 2.75) is 31.9 Å². The van der Waals surface area contributed by atoms with E-state index < -0.39 is 0 Å². The normalized spacial score (nSPS) is 18.8. The Morgan fingerprint density at radius 3 is 2.81 bits per heavy atom. The summed E-state index contributed by atoms with van der Waals surface area (Å²) in [6.45, 7) is 3.68. The first-order valence-electron chi connectivity index (χ1n) is 9.53. The minimum absolute atomic E-state index is 0.0542. The number of hydrogen-bond donors (Lipinski definition) is 1. The van der Waals surface area contributed by atoms with E-state index in [1.807, 2.05) is 11.0 Å². The molecule has 7 heteroatoms. The third-order valence-corrected chi connectivity index (χ3v) is 5.45. The van der Waals surface area contributed by atoms with Gasteiger partial charge in [0.1, 0.15) is 5.82 Å². The molecule has 6 nitrogen and oxygen atoms in total. The SMILES string of the molecule is COCc1cc(N2CCC(N3CCCNC3=O)CC2)c2cc(F)ccc2n1. The summed E-state index contributed by atoms with van der Waals surface area (Å²) < 4.78 is 19.1. The minimum atomic E-state index is -0.259. The van der Waals surface area contributed by atoms with Crippen LogP contribution in [0.5, 0.6) is 0 Å². The molecular weight excluding hydrogens is 347 g/mol. The van der Waals surface area contributed by atoms with Crippen molar-refractivity contribution in [2.75, 3.05) is 38.2 Å². The zero-order valence-corrected chi connectivity index (χ0v) is 15.6. The van der Waals surface area contributed by atoms with Crippen LogP contribution in [-0.2, 0) is 11.3 Å². The van der Waals surface area contributed by atoms with Gasteiger partial charge >= 0.3 is 6.03 Å². The van der Waals surface area contributed by atoms with E-state index in [2.05, 4.69) is 15.2 Å². The molecule has 144 valence electrons. The molecule has 27 heavy (non-hydrogen) atoms. The van der Waals surface area contributed by atoms with E-state index in [4.69, 9.17) is 4.74 Å². The molecule has 1 aromatic heterocycles. The molecule has 4 rings (SSSR count). The number of nitrogens with one attached hydrogen (secondary N) is 1. The van der Waals surface area contributed by atoms with E-state index in [1.165, 1.54) is 6.07 Å². The number of methoxy groups -OCH3 is 1. The number of aromatic nitrogens is 1. The number of nitrogens with zero attached hydrogens (tertiary/aromatic N) is 3. The Kier molecular flexibility index (Phi) is 5.11. The number of benzene rings is 1. The lowest BCUT2D eigenvalue weighted by Crippen LogP contribution is -2.54. The molecule has 0 atom stereocenters. The first-order chi connectivity index (χ1) is 13.2. The molecule has 2 aliphatic rings. The average molecular weight is 372 g/mol. The summed E-state index contributed by atoms with van der Waals surface area (Å²) in [7, 11) is 1.64. The van der Waals surface area contributed by atoms with E-state index in [0.29, 0.717) is 6.61 Å². The number of rotatable bonds is 4. The van der Waals surface area contributed by atoms with E-state index >= 15 is 0 Å². The largest absolute Gasteiger partial charge is 0.378 e. The number of urea groups is 1. The smallest absolute Gasteiger partial charge is 0.317 e. The van der Waals surface area contributed by atoms with Gasteiger partial charge in [0, 0.05) is 50.4 Å². The van der Waals surface area contributed by atoms with Crippen molar-refractivity contribution in [2.24, 2.45) is 0 Å². The zero-order chi connectivity index (χ0) is 18.8. The van der Waals surface area contributed by atoms with Crippen LogP contribution >= 0.6 is 0 Å². The number of carbonyl (C=O) groups excluding carboxylic acids is 1. The molecule has 0 saturated carbocycles. The lowest BCUT2D eigenvalue weighted by Gasteiger charge is -2.41. The van der Waals surface area contributed by atoms with Crippen molar-refractivity contribution in [1.82, 2.24) is 15.2 Å². The summed E-state index contributed by atoms with van der Waals surface area (Å²) in [6.07, 6.45) is 2.82. The summed E-state index contributed by atoms with van der Waals surface area (Å²) >= 11 is 0. The summed E-state index contributed by atoms with van der Waals surface area (Å²) in [5, 5.41) is 3.76. The van der Waals surface area contributed by atoms with E-state index in [9.17, 15) is 9.18 Å².